The first-order valence-corrected chi connectivity index (χ1v) is 10.2. The third-order valence-electron chi connectivity index (χ3n) is 4.79. The van der Waals surface area contributed by atoms with E-state index in [4.69, 9.17) is 23.8 Å². The number of halogens is 1. The Morgan fingerprint density at radius 3 is 2.67 bits per heavy atom. The number of benzene rings is 2. The second-order valence-corrected chi connectivity index (χ2v) is 7.83. The van der Waals surface area contributed by atoms with Crippen LogP contribution in [0.3, 0.4) is 0 Å². The van der Waals surface area contributed by atoms with Crippen LogP contribution in [-0.4, -0.2) is 20.8 Å². The third kappa shape index (κ3) is 4.53. The molecule has 0 spiro atoms. The summed E-state index contributed by atoms with van der Waals surface area (Å²) >= 11 is 11.3. The van der Waals surface area contributed by atoms with Crippen molar-refractivity contribution in [2.24, 2.45) is 0 Å². The lowest BCUT2D eigenvalue weighted by atomic mass is 9.97. The van der Waals surface area contributed by atoms with Crippen molar-refractivity contribution in [3.05, 3.63) is 94.4 Å². The van der Waals surface area contributed by atoms with Crippen LogP contribution in [0.2, 0.25) is 5.02 Å². The predicted molar refractivity (Wildman–Crippen MR) is 122 cm³/mol. The van der Waals surface area contributed by atoms with Gasteiger partial charge in [0.2, 0.25) is 0 Å². The van der Waals surface area contributed by atoms with E-state index in [1.807, 2.05) is 48.1 Å². The van der Waals surface area contributed by atoms with Crippen LogP contribution in [0.4, 0.5) is 5.69 Å². The Kier molecular flexibility index (Phi) is 5.83. The Hall–Kier alpha value is -3.16. The predicted octanol–water partition coefficient (Wildman–Crippen LogP) is 4.02. The van der Waals surface area contributed by atoms with Crippen LogP contribution < -0.4 is 16.0 Å². The van der Waals surface area contributed by atoms with E-state index in [-0.39, 0.29) is 5.91 Å². The van der Waals surface area contributed by atoms with E-state index in [1.165, 1.54) is 0 Å². The molecule has 2 aromatic carbocycles. The molecule has 1 aliphatic heterocycles. The number of anilines is 1. The van der Waals surface area contributed by atoms with Gasteiger partial charge in [0.15, 0.2) is 5.11 Å². The van der Waals surface area contributed by atoms with E-state index in [2.05, 4.69) is 21.0 Å². The number of carbonyl (C=O) groups excluding carboxylic acids is 1. The molecule has 1 atom stereocenters. The average Bonchev–Trinajstić information content (AvgIpc) is 3.18. The maximum Gasteiger partial charge on any atom is 0.255 e. The van der Waals surface area contributed by atoms with Crippen molar-refractivity contribution >= 4 is 40.5 Å². The van der Waals surface area contributed by atoms with Crippen LogP contribution in [-0.2, 0) is 11.3 Å². The van der Waals surface area contributed by atoms with E-state index in [9.17, 15) is 4.79 Å². The molecule has 0 bridgehead atoms. The first-order chi connectivity index (χ1) is 14.5. The van der Waals surface area contributed by atoms with Crippen LogP contribution in [0, 0.1) is 0 Å². The van der Waals surface area contributed by atoms with E-state index in [0.29, 0.717) is 33.6 Å². The van der Waals surface area contributed by atoms with Gasteiger partial charge in [0.25, 0.3) is 5.91 Å². The highest BCUT2D eigenvalue weighted by molar-refractivity contribution is 7.80. The zero-order valence-corrected chi connectivity index (χ0v) is 17.8. The van der Waals surface area contributed by atoms with Crippen molar-refractivity contribution in [3.63, 3.8) is 0 Å². The van der Waals surface area contributed by atoms with E-state index >= 15 is 0 Å². The topological polar surface area (TPSA) is 71.0 Å². The number of aromatic nitrogens is 2. The molecule has 30 heavy (non-hydrogen) atoms. The minimum Gasteiger partial charge on any atom is -0.351 e. The van der Waals surface area contributed by atoms with Crippen molar-refractivity contribution < 1.29 is 4.79 Å². The van der Waals surface area contributed by atoms with Gasteiger partial charge in [-0.15, -0.1) is 0 Å². The quantitative estimate of drug-likeness (QED) is 0.526. The minimum absolute atomic E-state index is 0.224. The molecule has 1 aromatic heterocycles. The van der Waals surface area contributed by atoms with Gasteiger partial charge < -0.3 is 16.0 Å². The van der Waals surface area contributed by atoms with Crippen LogP contribution in [0.1, 0.15) is 24.1 Å². The molecule has 3 N–H and O–H groups in total. The molecule has 4 rings (SSSR count). The van der Waals surface area contributed by atoms with E-state index < -0.39 is 6.04 Å². The van der Waals surface area contributed by atoms with Crippen LogP contribution in [0.15, 0.2) is 78.3 Å². The fraction of sp³-hybridized carbons (Fsp3) is 0.136. The lowest BCUT2D eigenvalue weighted by molar-refractivity contribution is -0.113. The molecule has 1 aliphatic rings. The molecule has 1 amide bonds. The monoisotopic (exact) mass is 437 g/mol. The van der Waals surface area contributed by atoms with Gasteiger partial charge in [-0.3, -0.25) is 9.48 Å². The van der Waals surface area contributed by atoms with Gasteiger partial charge in [-0.1, -0.05) is 41.9 Å². The van der Waals surface area contributed by atoms with Crippen molar-refractivity contribution in [1.82, 2.24) is 20.4 Å². The Morgan fingerprint density at radius 1 is 1.20 bits per heavy atom. The van der Waals surface area contributed by atoms with Gasteiger partial charge in [0.1, 0.15) is 0 Å². The summed E-state index contributed by atoms with van der Waals surface area (Å²) in [6.45, 7) is 2.48. The molecule has 0 unspecified atom stereocenters. The summed E-state index contributed by atoms with van der Waals surface area (Å²) in [5.41, 5.74) is 3.92. The molecular weight excluding hydrogens is 418 g/mol. The van der Waals surface area contributed by atoms with Crippen molar-refractivity contribution in [1.29, 1.82) is 0 Å². The molecule has 152 valence electrons. The molecule has 0 saturated carbocycles. The zero-order valence-electron chi connectivity index (χ0n) is 16.2. The van der Waals surface area contributed by atoms with Gasteiger partial charge in [0.05, 0.1) is 24.4 Å². The Balaban J connectivity index is 1.59. The maximum absolute atomic E-state index is 13.1. The fourth-order valence-corrected chi connectivity index (χ4v) is 3.76. The molecule has 6 nitrogen and oxygen atoms in total. The van der Waals surface area contributed by atoms with Crippen LogP contribution in [0.5, 0.6) is 0 Å². The third-order valence-corrected chi connectivity index (χ3v) is 5.26. The molecular formula is C22H20ClN5OS. The van der Waals surface area contributed by atoms with Gasteiger partial charge in [-0.25, -0.2) is 0 Å². The zero-order chi connectivity index (χ0) is 21.1. The number of hydrogen-bond donors (Lipinski definition) is 3. The largest absolute Gasteiger partial charge is 0.351 e. The molecule has 2 heterocycles. The van der Waals surface area contributed by atoms with Crippen molar-refractivity contribution in [2.75, 3.05) is 5.32 Å². The van der Waals surface area contributed by atoms with E-state index in [0.717, 1.165) is 11.1 Å². The smallest absolute Gasteiger partial charge is 0.255 e. The van der Waals surface area contributed by atoms with Crippen molar-refractivity contribution in [2.45, 2.75) is 19.5 Å². The van der Waals surface area contributed by atoms with Crippen molar-refractivity contribution in [3.8, 4) is 0 Å². The first-order valence-electron chi connectivity index (χ1n) is 9.41. The van der Waals surface area contributed by atoms with Gasteiger partial charge in [0, 0.05) is 28.2 Å². The standard InChI is InChI=1S/C22H20ClN5OS/c1-14-19(21(29)26-18-9-7-17(23)8-10-18)20(27-22(30)25-14)16-11-24-28(13-16)12-15-5-3-2-4-6-15/h2-11,13,20H,12H2,1H3,(H,26,29)(H2,25,27,30)/t20-/m1/s1. The Labute approximate surface area is 184 Å². The molecule has 0 fully saturated rings. The highest BCUT2D eigenvalue weighted by atomic mass is 35.5. The first kappa shape index (κ1) is 20.1. The normalized spacial score (nSPS) is 16.1. The number of amides is 1. The number of rotatable bonds is 5. The molecule has 0 saturated heterocycles. The van der Waals surface area contributed by atoms with Gasteiger partial charge in [-0.05, 0) is 49.0 Å². The SMILES string of the molecule is CC1=C(C(=O)Nc2ccc(Cl)cc2)[C@@H](c2cnn(Cc3ccccc3)c2)NC(=S)N1. The fourth-order valence-electron chi connectivity index (χ4n) is 3.36. The number of nitrogens with one attached hydrogen (secondary N) is 3. The Bertz CT molecular complexity index is 1110. The van der Waals surface area contributed by atoms with E-state index in [1.54, 1.807) is 30.5 Å². The lowest BCUT2D eigenvalue weighted by Crippen LogP contribution is -2.45. The van der Waals surface area contributed by atoms with Gasteiger partial charge in [-0.2, -0.15) is 5.10 Å². The number of hydrogen-bond acceptors (Lipinski definition) is 3. The summed E-state index contributed by atoms with van der Waals surface area (Å²) in [7, 11) is 0. The highest BCUT2D eigenvalue weighted by Crippen LogP contribution is 2.28. The second kappa shape index (κ2) is 8.69. The molecule has 0 radical (unpaired) electrons. The summed E-state index contributed by atoms with van der Waals surface area (Å²) in [6, 6.07) is 16.7. The summed E-state index contributed by atoms with van der Waals surface area (Å²) in [5, 5.41) is 14.7. The summed E-state index contributed by atoms with van der Waals surface area (Å²) in [6.07, 6.45) is 3.69. The Morgan fingerprint density at radius 2 is 1.93 bits per heavy atom. The van der Waals surface area contributed by atoms with Crippen LogP contribution >= 0.6 is 23.8 Å². The minimum atomic E-state index is -0.407. The summed E-state index contributed by atoms with van der Waals surface area (Å²) < 4.78 is 1.85. The summed E-state index contributed by atoms with van der Waals surface area (Å²) in [5.74, 6) is -0.224. The van der Waals surface area contributed by atoms with Gasteiger partial charge >= 0.3 is 0 Å². The number of nitrogens with zero attached hydrogens (tertiary/aromatic N) is 2. The number of thiocarbonyl (C=S) groups is 1. The van der Waals surface area contributed by atoms with Crippen LogP contribution in [0.25, 0.3) is 0 Å². The number of allylic oxidation sites excluding steroid dienone is 1. The number of carbonyl (C=O) groups is 1. The maximum atomic E-state index is 13.1. The second-order valence-electron chi connectivity index (χ2n) is 6.99. The lowest BCUT2D eigenvalue weighted by Gasteiger charge is -2.29. The highest BCUT2D eigenvalue weighted by Gasteiger charge is 2.30. The average molecular weight is 438 g/mol. The molecule has 3 aromatic rings. The summed E-state index contributed by atoms with van der Waals surface area (Å²) in [4.78, 5) is 13.1. The molecule has 8 heteroatoms. The molecule has 0 aliphatic carbocycles.